The van der Waals surface area contributed by atoms with E-state index >= 15 is 0 Å². The molecule has 0 aromatic carbocycles. The summed E-state index contributed by atoms with van der Waals surface area (Å²) in [5, 5.41) is 0. The smallest absolute Gasteiger partial charge is 0.356 e. The Morgan fingerprint density at radius 3 is 2.61 bits per heavy atom. The SMILES string of the molecule is COC(=O)c1cc(N2C[C@H](C)C[C@H](C)C2)ncn1. The number of nitrogens with zero attached hydrogens (tertiary/aromatic N) is 3. The lowest BCUT2D eigenvalue weighted by molar-refractivity contribution is 0.0594. The van der Waals surface area contributed by atoms with Crippen LogP contribution in [0.3, 0.4) is 0 Å². The average Bonchev–Trinajstić information content (AvgIpc) is 2.37. The molecule has 2 heterocycles. The third-order valence-electron chi connectivity index (χ3n) is 3.24. The molecule has 1 aliphatic heterocycles. The highest BCUT2D eigenvalue weighted by Gasteiger charge is 2.23. The van der Waals surface area contributed by atoms with Gasteiger partial charge in [0.15, 0.2) is 5.69 Å². The molecule has 18 heavy (non-hydrogen) atoms. The summed E-state index contributed by atoms with van der Waals surface area (Å²) in [6.07, 6.45) is 2.66. The standard InChI is InChI=1S/C13H19N3O2/c1-9-4-10(2)7-16(6-9)12-5-11(13(17)18-3)14-8-15-12/h5,8-10H,4,6-7H2,1-3H3/t9-,10+. The van der Waals surface area contributed by atoms with E-state index in [4.69, 9.17) is 0 Å². The Kier molecular flexibility index (Phi) is 3.79. The summed E-state index contributed by atoms with van der Waals surface area (Å²) in [7, 11) is 1.36. The number of esters is 1. The van der Waals surface area contributed by atoms with Crippen LogP contribution in [0.4, 0.5) is 5.82 Å². The minimum Gasteiger partial charge on any atom is -0.464 e. The van der Waals surface area contributed by atoms with Crippen molar-refractivity contribution in [2.45, 2.75) is 20.3 Å². The zero-order valence-electron chi connectivity index (χ0n) is 11.1. The van der Waals surface area contributed by atoms with Gasteiger partial charge in [0.2, 0.25) is 0 Å². The molecular weight excluding hydrogens is 230 g/mol. The van der Waals surface area contributed by atoms with Crippen LogP contribution in [0.2, 0.25) is 0 Å². The Balaban J connectivity index is 2.20. The monoisotopic (exact) mass is 249 g/mol. The van der Waals surface area contributed by atoms with E-state index < -0.39 is 5.97 Å². The normalized spacial score (nSPS) is 23.8. The predicted octanol–water partition coefficient (Wildman–Crippen LogP) is 1.75. The van der Waals surface area contributed by atoms with E-state index in [0.717, 1.165) is 18.9 Å². The van der Waals surface area contributed by atoms with Crippen LogP contribution >= 0.6 is 0 Å². The zero-order chi connectivity index (χ0) is 13.1. The zero-order valence-corrected chi connectivity index (χ0v) is 11.1. The predicted molar refractivity (Wildman–Crippen MR) is 68.5 cm³/mol. The average molecular weight is 249 g/mol. The number of ether oxygens (including phenoxy) is 1. The van der Waals surface area contributed by atoms with Crippen molar-refractivity contribution < 1.29 is 9.53 Å². The van der Waals surface area contributed by atoms with Crippen molar-refractivity contribution in [2.24, 2.45) is 11.8 Å². The second kappa shape index (κ2) is 5.33. The van der Waals surface area contributed by atoms with Gasteiger partial charge in [-0.05, 0) is 18.3 Å². The highest BCUT2D eigenvalue weighted by molar-refractivity contribution is 5.87. The Labute approximate surface area is 107 Å². The molecule has 1 aromatic heterocycles. The molecule has 2 rings (SSSR count). The molecule has 0 spiro atoms. The summed E-state index contributed by atoms with van der Waals surface area (Å²) < 4.78 is 4.67. The summed E-state index contributed by atoms with van der Waals surface area (Å²) in [5.74, 6) is 1.68. The van der Waals surface area contributed by atoms with Crippen molar-refractivity contribution in [3.8, 4) is 0 Å². The van der Waals surface area contributed by atoms with Gasteiger partial charge in [0, 0.05) is 19.2 Å². The van der Waals surface area contributed by atoms with E-state index in [1.54, 1.807) is 6.07 Å². The number of methoxy groups -OCH3 is 1. The van der Waals surface area contributed by atoms with E-state index in [1.165, 1.54) is 19.9 Å². The molecular formula is C13H19N3O2. The molecule has 0 saturated carbocycles. The summed E-state index contributed by atoms with van der Waals surface area (Å²) in [6.45, 7) is 6.43. The fourth-order valence-electron chi connectivity index (χ4n) is 2.59. The van der Waals surface area contributed by atoms with E-state index in [9.17, 15) is 4.79 Å². The lowest BCUT2D eigenvalue weighted by atomic mass is 9.92. The maximum absolute atomic E-state index is 11.4. The van der Waals surface area contributed by atoms with Gasteiger partial charge in [0.25, 0.3) is 0 Å². The summed E-state index contributed by atoms with van der Waals surface area (Å²) >= 11 is 0. The molecule has 0 bridgehead atoms. The first-order chi connectivity index (χ1) is 8.60. The largest absolute Gasteiger partial charge is 0.464 e. The van der Waals surface area contributed by atoms with Crippen molar-refractivity contribution in [1.29, 1.82) is 0 Å². The highest BCUT2D eigenvalue weighted by Crippen LogP contribution is 2.24. The number of piperidine rings is 1. The number of carbonyl (C=O) groups excluding carboxylic acids is 1. The molecule has 0 unspecified atom stereocenters. The maximum Gasteiger partial charge on any atom is 0.356 e. The van der Waals surface area contributed by atoms with Crippen molar-refractivity contribution in [3.63, 3.8) is 0 Å². The van der Waals surface area contributed by atoms with Gasteiger partial charge >= 0.3 is 5.97 Å². The molecule has 5 nitrogen and oxygen atoms in total. The van der Waals surface area contributed by atoms with Crippen LogP contribution in [0.15, 0.2) is 12.4 Å². The number of aromatic nitrogens is 2. The van der Waals surface area contributed by atoms with Crippen LogP contribution in [0.25, 0.3) is 0 Å². The number of anilines is 1. The van der Waals surface area contributed by atoms with Gasteiger partial charge in [-0.3, -0.25) is 0 Å². The maximum atomic E-state index is 11.4. The molecule has 1 aromatic rings. The molecule has 1 saturated heterocycles. The topological polar surface area (TPSA) is 55.3 Å². The molecule has 5 heteroatoms. The van der Waals surface area contributed by atoms with Crippen molar-refractivity contribution >= 4 is 11.8 Å². The Hall–Kier alpha value is -1.65. The van der Waals surface area contributed by atoms with Gasteiger partial charge in [-0.15, -0.1) is 0 Å². The van der Waals surface area contributed by atoms with Gasteiger partial charge in [-0.2, -0.15) is 0 Å². The summed E-state index contributed by atoms with van der Waals surface area (Å²) in [5.41, 5.74) is 0.313. The molecule has 0 aliphatic carbocycles. The second-order valence-corrected chi connectivity index (χ2v) is 5.10. The fraction of sp³-hybridized carbons (Fsp3) is 0.615. The van der Waals surface area contributed by atoms with Crippen LogP contribution in [0.5, 0.6) is 0 Å². The summed E-state index contributed by atoms with van der Waals surface area (Å²) in [4.78, 5) is 21.8. The third kappa shape index (κ3) is 2.78. The Morgan fingerprint density at radius 2 is 2.00 bits per heavy atom. The van der Waals surface area contributed by atoms with Crippen LogP contribution in [0, 0.1) is 11.8 Å². The molecule has 0 amide bonds. The number of carbonyl (C=O) groups is 1. The second-order valence-electron chi connectivity index (χ2n) is 5.10. The van der Waals surface area contributed by atoms with Crippen LogP contribution < -0.4 is 4.90 Å². The molecule has 1 fully saturated rings. The van der Waals surface area contributed by atoms with Crippen molar-refractivity contribution in [2.75, 3.05) is 25.1 Å². The Bertz CT molecular complexity index is 426. The van der Waals surface area contributed by atoms with Crippen LogP contribution in [-0.2, 0) is 4.74 Å². The molecule has 2 atom stereocenters. The van der Waals surface area contributed by atoms with E-state index in [0.29, 0.717) is 17.5 Å². The van der Waals surface area contributed by atoms with Gasteiger partial charge < -0.3 is 9.64 Å². The van der Waals surface area contributed by atoms with E-state index in [-0.39, 0.29) is 0 Å². The third-order valence-corrected chi connectivity index (χ3v) is 3.24. The van der Waals surface area contributed by atoms with Gasteiger partial charge in [0.05, 0.1) is 7.11 Å². The van der Waals surface area contributed by atoms with E-state index in [1.807, 2.05) is 0 Å². The lowest BCUT2D eigenvalue weighted by Gasteiger charge is -2.35. The van der Waals surface area contributed by atoms with Crippen LogP contribution in [0.1, 0.15) is 30.8 Å². The molecule has 0 radical (unpaired) electrons. The first-order valence-corrected chi connectivity index (χ1v) is 6.25. The Morgan fingerprint density at radius 1 is 1.33 bits per heavy atom. The number of rotatable bonds is 2. The molecule has 98 valence electrons. The van der Waals surface area contributed by atoms with Gasteiger partial charge in [0.1, 0.15) is 12.1 Å². The van der Waals surface area contributed by atoms with Crippen molar-refractivity contribution in [1.82, 2.24) is 9.97 Å². The quantitative estimate of drug-likeness (QED) is 0.747. The minimum atomic E-state index is -0.420. The number of hydrogen-bond donors (Lipinski definition) is 0. The molecule has 1 aliphatic rings. The summed E-state index contributed by atoms with van der Waals surface area (Å²) in [6, 6.07) is 1.70. The number of hydrogen-bond acceptors (Lipinski definition) is 5. The fourth-order valence-corrected chi connectivity index (χ4v) is 2.59. The first kappa shape index (κ1) is 12.8. The van der Waals surface area contributed by atoms with Crippen molar-refractivity contribution in [3.05, 3.63) is 18.1 Å². The lowest BCUT2D eigenvalue weighted by Crippen LogP contribution is -2.39. The molecule has 0 N–H and O–H groups in total. The first-order valence-electron chi connectivity index (χ1n) is 6.25. The van der Waals surface area contributed by atoms with Crippen LogP contribution in [-0.4, -0.2) is 36.1 Å². The highest BCUT2D eigenvalue weighted by atomic mass is 16.5. The van der Waals surface area contributed by atoms with Gasteiger partial charge in [-0.25, -0.2) is 14.8 Å². The van der Waals surface area contributed by atoms with Gasteiger partial charge in [-0.1, -0.05) is 13.8 Å². The minimum absolute atomic E-state index is 0.313. The van der Waals surface area contributed by atoms with E-state index in [2.05, 4.69) is 33.5 Å².